The molecule has 0 fully saturated rings. The maximum atomic E-state index is 5.54. The van der Waals surface area contributed by atoms with Gasteiger partial charge in [0.05, 0.1) is 6.54 Å². The summed E-state index contributed by atoms with van der Waals surface area (Å²) in [5.74, 6) is 1.52. The number of nitrogens with zero attached hydrogens (tertiary/aromatic N) is 2. The molecule has 1 heterocycles. The highest BCUT2D eigenvalue weighted by molar-refractivity contribution is 5.37. The summed E-state index contributed by atoms with van der Waals surface area (Å²) in [4.78, 5) is 8.42. The van der Waals surface area contributed by atoms with Crippen LogP contribution in [0.2, 0.25) is 0 Å². The number of hydrogen-bond donors (Lipinski definition) is 2. The minimum Gasteiger partial charge on any atom is -0.370 e. The van der Waals surface area contributed by atoms with Crippen LogP contribution in [0.4, 0.5) is 5.82 Å². The van der Waals surface area contributed by atoms with E-state index >= 15 is 0 Å². The SMILES string of the molecule is NCc1nccc(NCCc2ccc3c(c2)CCC3)n1. The largest absolute Gasteiger partial charge is 0.370 e. The van der Waals surface area contributed by atoms with Gasteiger partial charge in [-0.25, -0.2) is 9.97 Å². The number of nitrogens with one attached hydrogen (secondary N) is 1. The van der Waals surface area contributed by atoms with Crippen LogP contribution in [0.1, 0.15) is 28.9 Å². The molecule has 1 aliphatic carbocycles. The molecule has 1 aliphatic rings. The van der Waals surface area contributed by atoms with Crippen LogP contribution in [0.3, 0.4) is 0 Å². The predicted octanol–water partition coefficient (Wildman–Crippen LogP) is 2.08. The summed E-state index contributed by atoms with van der Waals surface area (Å²) in [6.45, 7) is 1.25. The van der Waals surface area contributed by atoms with Gasteiger partial charge in [0.15, 0.2) is 0 Å². The summed E-state index contributed by atoms with van der Waals surface area (Å²) in [7, 11) is 0. The lowest BCUT2D eigenvalue weighted by Crippen LogP contribution is -2.09. The van der Waals surface area contributed by atoms with Crippen molar-refractivity contribution in [3.63, 3.8) is 0 Å². The fourth-order valence-corrected chi connectivity index (χ4v) is 2.71. The molecule has 0 unspecified atom stereocenters. The second-order valence-corrected chi connectivity index (χ2v) is 5.20. The number of rotatable bonds is 5. The van der Waals surface area contributed by atoms with Crippen molar-refractivity contribution in [3.8, 4) is 0 Å². The zero-order valence-corrected chi connectivity index (χ0v) is 11.6. The minimum atomic E-state index is 0.375. The van der Waals surface area contributed by atoms with Crippen molar-refractivity contribution in [1.29, 1.82) is 0 Å². The molecule has 0 saturated heterocycles. The van der Waals surface area contributed by atoms with Crippen molar-refractivity contribution < 1.29 is 0 Å². The lowest BCUT2D eigenvalue weighted by molar-refractivity contribution is 0.900. The van der Waals surface area contributed by atoms with Gasteiger partial charge in [0.1, 0.15) is 11.6 Å². The van der Waals surface area contributed by atoms with Crippen LogP contribution in [-0.4, -0.2) is 16.5 Å². The Morgan fingerprint density at radius 2 is 2.05 bits per heavy atom. The first-order valence-corrected chi connectivity index (χ1v) is 7.22. The highest BCUT2D eigenvalue weighted by Crippen LogP contribution is 2.22. The fraction of sp³-hybridized carbons (Fsp3) is 0.375. The number of aryl methyl sites for hydroxylation is 2. The molecule has 0 amide bonds. The Morgan fingerprint density at radius 3 is 2.95 bits per heavy atom. The van der Waals surface area contributed by atoms with Gasteiger partial charge >= 0.3 is 0 Å². The highest BCUT2D eigenvalue weighted by Gasteiger charge is 2.10. The topological polar surface area (TPSA) is 63.8 Å². The zero-order valence-electron chi connectivity index (χ0n) is 11.6. The van der Waals surface area contributed by atoms with Crippen LogP contribution in [0.15, 0.2) is 30.5 Å². The molecule has 0 radical (unpaired) electrons. The second-order valence-electron chi connectivity index (χ2n) is 5.20. The standard InChI is InChI=1S/C16H20N4/c17-11-16-19-9-7-15(20-16)18-8-6-12-4-5-13-2-1-3-14(13)10-12/h4-5,7,9-10H,1-3,6,8,11,17H2,(H,18,19,20). The van der Waals surface area contributed by atoms with Gasteiger partial charge in [0.2, 0.25) is 0 Å². The Balaban J connectivity index is 1.57. The summed E-state index contributed by atoms with van der Waals surface area (Å²) < 4.78 is 0. The van der Waals surface area contributed by atoms with Gasteiger partial charge in [-0.2, -0.15) is 0 Å². The van der Waals surface area contributed by atoms with E-state index in [9.17, 15) is 0 Å². The van der Waals surface area contributed by atoms with E-state index in [-0.39, 0.29) is 0 Å². The number of fused-ring (bicyclic) bond motifs is 1. The van der Waals surface area contributed by atoms with Crippen molar-refractivity contribution in [1.82, 2.24) is 9.97 Å². The van der Waals surface area contributed by atoms with Crippen molar-refractivity contribution in [2.45, 2.75) is 32.2 Å². The normalized spacial score (nSPS) is 13.2. The Hall–Kier alpha value is -1.94. The highest BCUT2D eigenvalue weighted by atomic mass is 15.0. The average Bonchev–Trinajstić information content (AvgIpc) is 2.95. The number of aromatic nitrogens is 2. The minimum absolute atomic E-state index is 0.375. The van der Waals surface area contributed by atoms with Crippen molar-refractivity contribution in [2.75, 3.05) is 11.9 Å². The van der Waals surface area contributed by atoms with Gasteiger partial charge in [-0.15, -0.1) is 0 Å². The maximum Gasteiger partial charge on any atom is 0.144 e. The molecule has 2 aromatic rings. The molecule has 1 aromatic heterocycles. The molecule has 4 nitrogen and oxygen atoms in total. The van der Waals surface area contributed by atoms with Crippen molar-refractivity contribution in [2.24, 2.45) is 5.73 Å². The van der Waals surface area contributed by atoms with E-state index in [0.29, 0.717) is 12.4 Å². The van der Waals surface area contributed by atoms with E-state index in [0.717, 1.165) is 18.8 Å². The monoisotopic (exact) mass is 268 g/mol. The average molecular weight is 268 g/mol. The Morgan fingerprint density at radius 1 is 1.15 bits per heavy atom. The Labute approximate surface area is 119 Å². The molecular weight excluding hydrogens is 248 g/mol. The van der Waals surface area contributed by atoms with E-state index in [1.165, 1.54) is 36.0 Å². The van der Waals surface area contributed by atoms with Gasteiger partial charge in [-0.05, 0) is 48.4 Å². The van der Waals surface area contributed by atoms with E-state index in [4.69, 9.17) is 5.73 Å². The predicted molar refractivity (Wildman–Crippen MR) is 80.6 cm³/mol. The number of anilines is 1. The van der Waals surface area contributed by atoms with Crippen molar-refractivity contribution >= 4 is 5.82 Å². The van der Waals surface area contributed by atoms with Crippen LogP contribution in [0.25, 0.3) is 0 Å². The van der Waals surface area contributed by atoms with Crippen LogP contribution in [-0.2, 0) is 25.8 Å². The third-order valence-corrected chi connectivity index (χ3v) is 3.77. The molecule has 0 aliphatic heterocycles. The fourth-order valence-electron chi connectivity index (χ4n) is 2.71. The summed E-state index contributed by atoms with van der Waals surface area (Å²) in [5.41, 5.74) is 10.0. The van der Waals surface area contributed by atoms with Crippen LogP contribution in [0, 0.1) is 0 Å². The first kappa shape index (κ1) is 13.1. The summed E-state index contributed by atoms with van der Waals surface area (Å²) in [6, 6.07) is 8.77. The molecule has 1 aromatic carbocycles. The lowest BCUT2D eigenvalue weighted by Gasteiger charge is -2.08. The first-order chi connectivity index (χ1) is 9.85. The third-order valence-electron chi connectivity index (χ3n) is 3.77. The van der Waals surface area contributed by atoms with Gasteiger partial charge < -0.3 is 11.1 Å². The molecule has 4 heteroatoms. The van der Waals surface area contributed by atoms with Gasteiger partial charge in [0.25, 0.3) is 0 Å². The molecule has 104 valence electrons. The van der Waals surface area contributed by atoms with Crippen LogP contribution < -0.4 is 11.1 Å². The van der Waals surface area contributed by atoms with Crippen LogP contribution in [0.5, 0.6) is 0 Å². The molecule has 0 spiro atoms. The van der Waals surface area contributed by atoms with Gasteiger partial charge in [-0.1, -0.05) is 18.2 Å². The summed E-state index contributed by atoms with van der Waals surface area (Å²) in [5, 5.41) is 3.33. The van der Waals surface area contributed by atoms with Crippen molar-refractivity contribution in [3.05, 3.63) is 53.0 Å². The molecular formula is C16H20N4. The molecule has 0 atom stereocenters. The molecule has 0 saturated carbocycles. The zero-order chi connectivity index (χ0) is 13.8. The number of benzene rings is 1. The quantitative estimate of drug-likeness (QED) is 0.871. The number of hydrogen-bond acceptors (Lipinski definition) is 4. The Bertz CT molecular complexity index is 595. The molecule has 20 heavy (non-hydrogen) atoms. The first-order valence-electron chi connectivity index (χ1n) is 7.22. The number of nitrogens with two attached hydrogens (primary N) is 1. The smallest absolute Gasteiger partial charge is 0.144 e. The Kier molecular flexibility index (Phi) is 3.92. The lowest BCUT2D eigenvalue weighted by atomic mass is 10.0. The second kappa shape index (κ2) is 6.01. The van der Waals surface area contributed by atoms with E-state index in [1.54, 1.807) is 6.20 Å². The summed E-state index contributed by atoms with van der Waals surface area (Å²) in [6.07, 6.45) is 6.54. The van der Waals surface area contributed by atoms with E-state index in [1.807, 2.05) is 6.07 Å². The molecule has 3 rings (SSSR count). The van der Waals surface area contributed by atoms with Gasteiger partial charge in [-0.3, -0.25) is 0 Å². The summed E-state index contributed by atoms with van der Waals surface area (Å²) >= 11 is 0. The maximum absolute atomic E-state index is 5.54. The molecule has 0 bridgehead atoms. The van der Waals surface area contributed by atoms with Gasteiger partial charge in [0, 0.05) is 12.7 Å². The van der Waals surface area contributed by atoms with E-state index in [2.05, 4.69) is 33.5 Å². The third kappa shape index (κ3) is 2.96. The van der Waals surface area contributed by atoms with E-state index < -0.39 is 0 Å². The molecule has 3 N–H and O–H groups in total. The van der Waals surface area contributed by atoms with Crippen LogP contribution >= 0.6 is 0 Å².